The Balaban J connectivity index is 2.69. The van der Waals surface area contributed by atoms with Gasteiger partial charge in [0.1, 0.15) is 11.6 Å². The molecule has 23 heavy (non-hydrogen) atoms. The van der Waals surface area contributed by atoms with Crippen LogP contribution in [0.15, 0.2) is 29.2 Å². The average molecular weight is 342 g/mol. The SMILES string of the molecule is C[C@H](NC(=O)Nc1cccc(S(C)(=O)=O)c1)C(=O)OC(C)(C)C. The van der Waals surface area contributed by atoms with Gasteiger partial charge in [0.05, 0.1) is 4.90 Å². The molecule has 1 atom stereocenters. The highest BCUT2D eigenvalue weighted by Crippen LogP contribution is 2.15. The molecule has 0 bridgehead atoms. The zero-order valence-corrected chi connectivity index (χ0v) is 14.7. The predicted octanol–water partition coefficient (Wildman–Crippen LogP) is 1.94. The van der Waals surface area contributed by atoms with Crippen molar-refractivity contribution in [2.24, 2.45) is 0 Å². The molecule has 0 unspecified atom stereocenters. The molecule has 0 aliphatic carbocycles. The smallest absolute Gasteiger partial charge is 0.328 e. The van der Waals surface area contributed by atoms with Gasteiger partial charge in [-0.2, -0.15) is 0 Å². The molecule has 1 aromatic rings. The standard InChI is InChI=1S/C15H22N2O5S/c1-10(13(18)22-15(2,3)4)16-14(19)17-11-7-6-8-12(9-11)23(5,20)21/h6-10H,1-5H3,(H2,16,17,19)/t10-/m0/s1. The van der Waals surface area contributed by atoms with Gasteiger partial charge in [-0.25, -0.2) is 18.0 Å². The number of rotatable bonds is 4. The number of carbonyl (C=O) groups is 2. The van der Waals surface area contributed by atoms with E-state index in [0.29, 0.717) is 5.69 Å². The summed E-state index contributed by atoms with van der Waals surface area (Å²) >= 11 is 0. The van der Waals surface area contributed by atoms with Crippen LogP contribution >= 0.6 is 0 Å². The first-order chi connectivity index (χ1) is 10.4. The lowest BCUT2D eigenvalue weighted by Crippen LogP contribution is -2.43. The molecular formula is C15H22N2O5S. The van der Waals surface area contributed by atoms with E-state index in [0.717, 1.165) is 6.26 Å². The summed E-state index contributed by atoms with van der Waals surface area (Å²) in [6, 6.07) is 4.37. The van der Waals surface area contributed by atoms with Crippen molar-refractivity contribution >= 4 is 27.5 Å². The summed E-state index contributed by atoms with van der Waals surface area (Å²) in [5.74, 6) is -0.558. The second-order valence-electron chi connectivity index (χ2n) is 6.15. The number of sulfone groups is 1. The van der Waals surface area contributed by atoms with Crippen LogP contribution in [0.1, 0.15) is 27.7 Å². The monoisotopic (exact) mass is 342 g/mol. The third kappa shape index (κ3) is 6.68. The summed E-state index contributed by atoms with van der Waals surface area (Å²) in [5.41, 5.74) is -0.338. The number of benzene rings is 1. The molecule has 0 aliphatic heterocycles. The number of ether oxygens (including phenoxy) is 1. The molecule has 0 fully saturated rings. The van der Waals surface area contributed by atoms with E-state index < -0.39 is 33.5 Å². The maximum absolute atomic E-state index is 11.9. The molecule has 0 aliphatic rings. The van der Waals surface area contributed by atoms with E-state index in [9.17, 15) is 18.0 Å². The van der Waals surface area contributed by atoms with Crippen LogP contribution in [-0.4, -0.2) is 38.3 Å². The average Bonchev–Trinajstić information content (AvgIpc) is 2.35. The molecule has 1 aromatic carbocycles. The Morgan fingerprint density at radius 1 is 1.22 bits per heavy atom. The van der Waals surface area contributed by atoms with Gasteiger partial charge in [0.25, 0.3) is 0 Å². The summed E-state index contributed by atoms with van der Waals surface area (Å²) in [4.78, 5) is 23.8. The van der Waals surface area contributed by atoms with Crippen molar-refractivity contribution in [2.45, 2.75) is 44.2 Å². The van der Waals surface area contributed by atoms with Gasteiger partial charge >= 0.3 is 12.0 Å². The van der Waals surface area contributed by atoms with Crippen LogP contribution in [0.3, 0.4) is 0 Å². The highest BCUT2D eigenvalue weighted by atomic mass is 32.2. The first kappa shape index (κ1) is 19.0. The van der Waals surface area contributed by atoms with Gasteiger partial charge < -0.3 is 15.4 Å². The Morgan fingerprint density at radius 3 is 2.35 bits per heavy atom. The predicted molar refractivity (Wildman–Crippen MR) is 87.0 cm³/mol. The summed E-state index contributed by atoms with van der Waals surface area (Å²) in [6.07, 6.45) is 1.08. The molecule has 0 spiro atoms. The van der Waals surface area contributed by atoms with Crippen LogP contribution in [-0.2, 0) is 19.4 Å². The Hall–Kier alpha value is -2.09. The van der Waals surface area contributed by atoms with E-state index >= 15 is 0 Å². The quantitative estimate of drug-likeness (QED) is 0.814. The second-order valence-corrected chi connectivity index (χ2v) is 8.17. The number of hydrogen-bond donors (Lipinski definition) is 2. The third-order valence-corrected chi connectivity index (χ3v) is 3.74. The van der Waals surface area contributed by atoms with Gasteiger partial charge in [-0.05, 0) is 45.9 Å². The molecular weight excluding hydrogens is 320 g/mol. The highest BCUT2D eigenvalue weighted by molar-refractivity contribution is 7.90. The molecule has 7 nitrogen and oxygen atoms in total. The minimum Gasteiger partial charge on any atom is -0.458 e. The first-order valence-electron chi connectivity index (χ1n) is 6.99. The zero-order chi connectivity index (χ0) is 17.8. The molecule has 1 rings (SSSR count). The fraction of sp³-hybridized carbons (Fsp3) is 0.467. The van der Waals surface area contributed by atoms with Crippen molar-refractivity contribution in [3.63, 3.8) is 0 Å². The van der Waals surface area contributed by atoms with Gasteiger partial charge in [-0.1, -0.05) is 6.07 Å². The van der Waals surface area contributed by atoms with Gasteiger partial charge in [0, 0.05) is 11.9 Å². The molecule has 2 amide bonds. The summed E-state index contributed by atoms with van der Waals surface area (Å²) in [5, 5.41) is 4.92. The number of anilines is 1. The topological polar surface area (TPSA) is 102 Å². The van der Waals surface area contributed by atoms with E-state index in [1.807, 2.05) is 0 Å². The van der Waals surface area contributed by atoms with E-state index in [2.05, 4.69) is 10.6 Å². The maximum atomic E-state index is 11.9. The number of esters is 1. The molecule has 128 valence electrons. The van der Waals surface area contributed by atoms with E-state index in [-0.39, 0.29) is 4.90 Å². The van der Waals surface area contributed by atoms with Crippen molar-refractivity contribution in [3.8, 4) is 0 Å². The minimum atomic E-state index is -3.36. The lowest BCUT2D eigenvalue weighted by molar-refractivity contribution is -0.156. The van der Waals surface area contributed by atoms with Crippen molar-refractivity contribution in [1.82, 2.24) is 5.32 Å². The van der Waals surface area contributed by atoms with Crippen molar-refractivity contribution < 1.29 is 22.7 Å². The van der Waals surface area contributed by atoms with E-state index in [1.165, 1.54) is 25.1 Å². The van der Waals surface area contributed by atoms with Crippen molar-refractivity contribution in [1.29, 1.82) is 0 Å². The second kappa shape index (κ2) is 6.99. The minimum absolute atomic E-state index is 0.0930. The van der Waals surface area contributed by atoms with Gasteiger partial charge in [-0.3, -0.25) is 0 Å². The molecule has 0 radical (unpaired) electrons. The zero-order valence-electron chi connectivity index (χ0n) is 13.8. The van der Waals surface area contributed by atoms with Crippen LogP contribution in [0, 0.1) is 0 Å². The van der Waals surface area contributed by atoms with Gasteiger partial charge in [0.2, 0.25) is 0 Å². The van der Waals surface area contributed by atoms with Gasteiger partial charge in [0.15, 0.2) is 9.84 Å². The number of nitrogens with one attached hydrogen (secondary N) is 2. The van der Waals surface area contributed by atoms with E-state index in [1.54, 1.807) is 26.8 Å². The lowest BCUT2D eigenvalue weighted by atomic mass is 10.2. The summed E-state index contributed by atoms with van der Waals surface area (Å²) in [7, 11) is -3.36. The number of urea groups is 1. The van der Waals surface area contributed by atoms with Gasteiger partial charge in [-0.15, -0.1) is 0 Å². The fourth-order valence-corrected chi connectivity index (χ4v) is 2.28. The molecule has 8 heteroatoms. The van der Waals surface area contributed by atoms with Crippen LogP contribution in [0.25, 0.3) is 0 Å². The van der Waals surface area contributed by atoms with Crippen LogP contribution < -0.4 is 10.6 Å². The lowest BCUT2D eigenvalue weighted by Gasteiger charge is -2.22. The summed E-state index contributed by atoms with van der Waals surface area (Å²) < 4.78 is 28.1. The first-order valence-corrected chi connectivity index (χ1v) is 8.88. The highest BCUT2D eigenvalue weighted by Gasteiger charge is 2.23. The Bertz CT molecular complexity index is 692. The number of amides is 2. The molecule has 0 aromatic heterocycles. The maximum Gasteiger partial charge on any atom is 0.328 e. The normalized spacial score (nSPS) is 13.1. The fourth-order valence-electron chi connectivity index (χ4n) is 1.62. The Morgan fingerprint density at radius 2 is 1.83 bits per heavy atom. The Labute approximate surface area is 136 Å². The molecule has 0 saturated heterocycles. The van der Waals surface area contributed by atoms with Crippen LogP contribution in [0.2, 0.25) is 0 Å². The van der Waals surface area contributed by atoms with Crippen molar-refractivity contribution in [3.05, 3.63) is 24.3 Å². The largest absolute Gasteiger partial charge is 0.458 e. The molecule has 2 N–H and O–H groups in total. The molecule has 0 heterocycles. The van der Waals surface area contributed by atoms with Crippen LogP contribution in [0.4, 0.5) is 10.5 Å². The van der Waals surface area contributed by atoms with Crippen LogP contribution in [0.5, 0.6) is 0 Å². The summed E-state index contributed by atoms with van der Waals surface area (Å²) in [6.45, 7) is 6.69. The molecule has 0 saturated carbocycles. The number of carbonyl (C=O) groups excluding carboxylic acids is 2. The van der Waals surface area contributed by atoms with Crippen molar-refractivity contribution in [2.75, 3.05) is 11.6 Å². The third-order valence-electron chi connectivity index (χ3n) is 2.63. The number of hydrogen-bond acceptors (Lipinski definition) is 5. The van der Waals surface area contributed by atoms with E-state index in [4.69, 9.17) is 4.74 Å². The Kier molecular flexibility index (Phi) is 5.76.